The molecule has 0 saturated carbocycles. The maximum Gasteiger partial charge on any atom is 0.236 e. The third-order valence-electron chi connectivity index (χ3n) is 9.29. The Morgan fingerprint density at radius 1 is 0.534 bits per heavy atom. The molecule has 0 amide bonds. The van der Waals surface area contributed by atoms with Gasteiger partial charge in [0.1, 0.15) is 36.4 Å². The first-order valence-electron chi connectivity index (χ1n) is 19.3. The molecule has 290 valence electrons. The van der Waals surface area contributed by atoms with E-state index >= 15 is 0 Å². The van der Waals surface area contributed by atoms with Crippen molar-refractivity contribution in [2.24, 2.45) is 0 Å². The summed E-state index contributed by atoms with van der Waals surface area (Å²) in [5.41, 5.74) is 17.1. The molecular weight excluding hydrogens is 725 g/mol. The monoisotopic (exact) mass is 770 g/mol. The Balaban J connectivity index is 0.864. The molecular formula is C46H46N10O2+2. The van der Waals surface area contributed by atoms with E-state index in [1.54, 1.807) is 9.37 Å². The van der Waals surface area contributed by atoms with Crippen LogP contribution >= 0.6 is 0 Å². The van der Waals surface area contributed by atoms with E-state index in [0.717, 1.165) is 90.5 Å². The molecule has 4 heterocycles. The maximum absolute atomic E-state index is 6.13. The Kier molecular flexibility index (Phi) is 10.6. The van der Waals surface area contributed by atoms with Gasteiger partial charge in [-0.1, -0.05) is 21.5 Å². The summed E-state index contributed by atoms with van der Waals surface area (Å²) in [5.74, 6) is 3.04. The van der Waals surface area contributed by atoms with Crippen molar-refractivity contribution in [2.75, 3.05) is 0 Å². The minimum Gasteiger partial charge on any atom is -0.487 e. The molecule has 0 aliphatic carbocycles. The normalized spacial score (nSPS) is 11.3. The van der Waals surface area contributed by atoms with Crippen LogP contribution in [0.5, 0.6) is 11.5 Å². The third-order valence-corrected chi connectivity index (χ3v) is 9.29. The first-order valence-corrected chi connectivity index (χ1v) is 19.3. The second-order valence-electron chi connectivity index (χ2n) is 14.7. The highest BCUT2D eigenvalue weighted by molar-refractivity contribution is 5.82. The molecule has 0 saturated heterocycles. The van der Waals surface area contributed by atoms with Crippen LogP contribution in [0.15, 0.2) is 121 Å². The van der Waals surface area contributed by atoms with Crippen molar-refractivity contribution in [3.63, 3.8) is 0 Å². The average molecular weight is 771 g/mol. The lowest BCUT2D eigenvalue weighted by Gasteiger charge is -2.09. The summed E-state index contributed by atoms with van der Waals surface area (Å²) >= 11 is 0. The molecule has 0 bridgehead atoms. The number of nitrogens with zero attached hydrogens (tertiary/aromatic N) is 6. The van der Waals surface area contributed by atoms with Crippen LogP contribution in [0.1, 0.15) is 39.1 Å². The number of imidazole rings is 2. The smallest absolute Gasteiger partial charge is 0.236 e. The lowest BCUT2D eigenvalue weighted by molar-refractivity contribution is -0.504. The van der Waals surface area contributed by atoms with E-state index in [9.17, 15) is 0 Å². The number of H-pyrrole nitrogens is 2. The molecule has 8 aromatic rings. The molecule has 0 atom stereocenters. The molecule has 4 aromatic heterocycles. The van der Waals surface area contributed by atoms with Crippen molar-refractivity contribution in [1.29, 1.82) is 0 Å². The van der Waals surface area contributed by atoms with Crippen molar-refractivity contribution in [1.82, 2.24) is 40.8 Å². The van der Waals surface area contributed by atoms with E-state index in [0.29, 0.717) is 13.2 Å². The minimum atomic E-state index is 0.272. The van der Waals surface area contributed by atoms with Gasteiger partial charge in [0, 0.05) is 35.4 Å². The van der Waals surface area contributed by atoms with Gasteiger partial charge in [-0.25, -0.2) is 19.9 Å². The summed E-state index contributed by atoms with van der Waals surface area (Å²) < 4.78 is 15.8. The van der Waals surface area contributed by atoms with E-state index in [1.807, 2.05) is 121 Å². The number of pyridine rings is 2. The van der Waals surface area contributed by atoms with Crippen LogP contribution < -0.4 is 20.3 Å². The van der Waals surface area contributed by atoms with Crippen molar-refractivity contribution >= 4 is 46.9 Å². The SMILES string of the molecule is C=[N+](NC(C)C)c1ccc2nc(-c3ccc(OCc4cccc(-c5cccc(COc6ccc(-c7nc8ccc([N+](=C)NC(C)C)cc8[nH]7)cc6)n5)n4)cc3)[nH]c2c1. The first kappa shape index (κ1) is 37.6. The quantitative estimate of drug-likeness (QED) is 0.0462. The van der Waals surface area contributed by atoms with Crippen molar-refractivity contribution < 1.29 is 18.8 Å². The zero-order valence-electron chi connectivity index (χ0n) is 33.0. The standard InChI is InChI=1S/C46H46N10O2/c1-29(2)53-55(5)35-17-23-41-43(25-35)51-45(49-41)31-13-19-37(20-14-31)57-27-33-9-7-11-39(47-33)40-12-8-10-34(48-40)28-58-38-21-15-32(16-22-38)46-50-42-24-18-36(26-44(42)52-46)56(6)54-30(3)4/h7-26,29-30,53-54H,5-6,27-28H2,1-4H3,(H,49,51)(H,50,52)/q+2. The molecule has 8 rings (SSSR count). The number of fused-ring (bicyclic) bond motifs is 2. The van der Waals surface area contributed by atoms with E-state index in [1.165, 1.54) is 0 Å². The third kappa shape index (κ3) is 8.71. The lowest BCUT2D eigenvalue weighted by atomic mass is 10.2. The molecule has 0 fully saturated rings. The highest BCUT2D eigenvalue weighted by atomic mass is 16.5. The summed E-state index contributed by atoms with van der Waals surface area (Å²) in [5, 5.41) is 0. The fourth-order valence-electron chi connectivity index (χ4n) is 6.51. The van der Waals surface area contributed by atoms with Crippen LogP contribution in [0.2, 0.25) is 0 Å². The van der Waals surface area contributed by atoms with Gasteiger partial charge in [0.15, 0.2) is 13.4 Å². The molecule has 0 aliphatic heterocycles. The molecule has 0 radical (unpaired) electrons. The van der Waals surface area contributed by atoms with Gasteiger partial charge in [-0.3, -0.25) is 0 Å². The maximum atomic E-state index is 6.13. The Labute approximate surface area is 337 Å². The Hall–Kier alpha value is -7.34. The Morgan fingerprint density at radius 3 is 1.34 bits per heavy atom. The molecule has 0 spiro atoms. The highest BCUT2D eigenvalue weighted by Gasteiger charge is 2.15. The molecule has 4 aromatic carbocycles. The van der Waals surface area contributed by atoms with E-state index in [4.69, 9.17) is 29.4 Å². The fourth-order valence-corrected chi connectivity index (χ4v) is 6.51. The van der Waals surface area contributed by atoms with Crippen molar-refractivity contribution in [3.05, 3.63) is 133 Å². The molecule has 4 N–H and O–H groups in total. The molecule has 0 aliphatic rings. The molecule has 58 heavy (non-hydrogen) atoms. The van der Waals surface area contributed by atoms with Crippen molar-refractivity contribution in [2.45, 2.75) is 53.0 Å². The number of rotatable bonds is 15. The molecule has 12 heteroatoms. The number of aromatic nitrogens is 6. The van der Waals surface area contributed by atoms with Crippen LogP contribution in [0.25, 0.3) is 56.2 Å². The zero-order valence-corrected chi connectivity index (χ0v) is 33.0. The molecule has 0 unspecified atom stereocenters. The van der Waals surface area contributed by atoms with Crippen LogP contribution in [0, 0.1) is 0 Å². The van der Waals surface area contributed by atoms with Crippen LogP contribution in [0.3, 0.4) is 0 Å². The van der Waals surface area contributed by atoms with Gasteiger partial charge in [0.25, 0.3) is 0 Å². The van der Waals surface area contributed by atoms with Gasteiger partial charge in [0.2, 0.25) is 11.4 Å². The summed E-state index contributed by atoms with van der Waals surface area (Å²) in [6.07, 6.45) is 0. The number of ether oxygens (including phenoxy) is 2. The van der Waals surface area contributed by atoms with Gasteiger partial charge in [-0.15, -0.1) is 0 Å². The largest absolute Gasteiger partial charge is 0.487 e. The number of nitrogens with one attached hydrogen (secondary N) is 4. The number of hydrazone groups is 2. The number of hydrogen-bond acceptors (Lipinski definition) is 8. The second kappa shape index (κ2) is 16.4. The van der Waals surface area contributed by atoms with Crippen LogP contribution in [-0.2, 0) is 13.2 Å². The summed E-state index contributed by atoms with van der Waals surface area (Å²) in [6, 6.07) is 40.1. The molecule has 12 nitrogen and oxygen atoms in total. The van der Waals surface area contributed by atoms with E-state index in [-0.39, 0.29) is 12.1 Å². The number of aromatic amines is 2. The summed E-state index contributed by atoms with van der Waals surface area (Å²) in [6.45, 7) is 17.1. The predicted molar refractivity (Wildman–Crippen MR) is 230 cm³/mol. The second-order valence-corrected chi connectivity index (χ2v) is 14.7. The van der Waals surface area contributed by atoms with E-state index < -0.39 is 0 Å². The minimum absolute atomic E-state index is 0.272. The number of hydrogen-bond donors (Lipinski definition) is 4. The number of benzene rings is 4. The lowest BCUT2D eigenvalue weighted by Crippen LogP contribution is -2.30. The summed E-state index contributed by atoms with van der Waals surface area (Å²) in [4.78, 5) is 26.1. The number of hydrazine groups is 2. The van der Waals surface area contributed by atoms with Gasteiger partial charge in [-0.05, 0) is 113 Å². The Morgan fingerprint density at radius 2 is 0.948 bits per heavy atom. The van der Waals surface area contributed by atoms with E-state index in [2.05, 4.69) is 61.9 Å². The van der Waals surface area contributed by atoms with Gasteiger partial charge in [-0.2, -0.15) is 10.9 Å². The summed E-state index contributed by atoms with van der Waals surface area (Å²) in [7, 11) is 0. The van der Waals surface area contributed by atoms with Gasteiger partial charge < -0.3 is 19.4 Å². The predicted octanol–water partition coefficient (Wildman–Crippen LogP) is 8.90. The van der Waals surface area contributed by atoms with Crippen LogP contribution in [-0.4, -0.2) is 64.8 Å². The Bertz CT molecular complexity index is 2540. The zero-order chi connectivity index (χ0) is 40.2. The van der Waals surface area contributed by atoms with Crippen LogP contribution in [0.4, 0.5) is 11.4 Å². The van der Waals surface area contributed by atoms with Crippen molar-refractivity contribution in [3.8, 4) is 45.7 Å². The van der Waals surface area contributed by atoms with Gasteiger partial charge >= 0.3 is 0 Å². The van der Waals surface area contributed by atoms with Gasteiger partial charge in [0.05, 0.1) is 56.9 Å². The topological polar surface area (TPSA) is 132 Å². The first-order chi connectivity index (χ1) is 28.1. The fraction of sp³-hybridized carbons (Fsp3) is 0.174. The highest BCUT2D eigenvalue weighted by Crippen LogP contribution is 2.28. The average Bonchev–Trinajstić information content (AvgIpc) is 3.86.